The molecule has 1 heterocycles. The number of alkyl carbamates (subject to hydrolysis) is 1. The zero-order valence-corrected chi connectivity index (χ0v) is 23.0. The molecule has 1 aliphatic rings. The highest BCUT2D eigenvalue weighted by molar-refractivity contribution is 6.48. The molecule has 0 bridgehead atoms. The SMILES string of the molecule is COC[C@@H](NC(=O)OC(C)(C)C)C(=O)N[C@H](CCOc1ccc(Cl)cc1F)B1OC(C)(C)C(C)(C)O1. The molecule has 2 N–H and O–H groups in total. The Morgan fingerprint density at radius 3 is 2.28 bits per heavy atom. The molecule has 9 nitrogen and oxygen atoms in total. The molecule has 0 aliphatic carbocycles. The number of rotatable bonds is 10. The molecule has 0 saturated carbocycles. The van der Waals surface area contributed by atoms with Crippen molar-refractivity contribution in [1.82, 2.24) is 10.6 Å². The van der Waals surface area contributed by atoms with Gasteiger partial charge in [0.15, 0.2) is 11.6 Å². The molecule has 1 fully saturated rings. The Bertz CT molecular complexity index is 910. The molecule has 0 aromatic heterocycles. The van der Waals surface area contributed by atoms with Crippen molar-refractivity contribution < 1.29 is 37.5 Å². The van der Waals surface area contributed by atoms with Crippen molar-refractivity contribution in [3.63, 3.8) is 0 Å². The maximum absolute atomic E-state index is 14.1. The van der Waals surface area contributed by atoms with Gasteiger partial charge in [0.2, 0.25) is 5.91 Å². The van der Waals surface area contributed by atoms with Crippen LogP contribution in [0.15, 0.2) is 18.2 Å². The molecule has 2 amide bonds. The van der Waals surface area contributed by atoms with Gasteiger partial charge in [0.05, 0.1) is 30.4 Å². The number of halogens is 2. The Balaban J connectivity index is 2.15. The van der Waals surface area contributed by atoms with E-state index in [0.29, 0.717) is 0 Å². The van der Waals surface area contributed by atoms with E-state index in [-0.39, 0.29) is 30.4 Å². The third-order valence-corrected chi connectivity index (χ3v) is 6.08. The molecule has 2 atom stereocenters. The van der Waals surface area contributed by atoms with Gasteiger partial charge in [-0.1, -0.05) is 11.6 Å². The number of methoxy groups -OCH3 is 1. The molecule has 0 unspecified atom stereocenters. The first kappa shape index (κ1) is 30.2. The summed E-state index contributed by atoms with van der Waals surface area (Å²) in [5, 5.41) is 5.64. The Labute approximate surface area is 217 Å². The van der Waals surface area contributed by atoms with Crippen LogP contribution in [0.2, 0.25) is 5.02 Å². The number of nitrogens with one attached hydrogen (secondary N) is 2. The number of carbonyl (C=O) groups excluding carboxylic acids is 2. The Morgan fingerprint density at radius 2 is 1.75 bits per heavy atom. The van der Waals surface area contributed by atoms with Crippen LogP contribution in [-0.2, 0) is 23.6 Å². The number of ether oxygens (including phenoxy) is 3. The zero-order valence-electron chi connectivity index (χ0n) is 22.2. The van der Waals surface area contributed by atoms with Crippen LogP contribution in [0.4, 0.5) is 9.18 Å². The lowest BCUT2D eigenvalue weighted by molar-refractivity contribution is -0.125. The lowest BCUT2D eigenvalue weighted by Gasteiger charge is -2.32. The molecule has 1 saturated heterocycles. The van der Waals surface area contributed by atoms with Gasteiger partial charge in [0.1, 0.15) is 11.6 Å². The second-order valence-corrected chi connectivity index (χ2v) is 11.0. The molecule has 202 valence electrons. The fraction of sp³-hybridized carbons (Fsp3) is 0.667. The van der Waals surface area contributed by atoms with Gasteiger partial charge >= 0.3 is 13.2 Å². The number of benzene rings is 1. The third-order valence-electron chi connectivity index (χ3n) is 5.85. The highest BCUT2D eigenvalue weighted by Crippen LogP contribution is 2.38. The number of hydrogen-bond acceptors (Lipinski definition) is 7. The average Bonchev–Trinajstić information content (AvgIpc) is 2.94. The Kier molecular flexibility index (Phi) is 10.0. The van der Waals surface area contributed by atoms with E-state index in [1.54, 1.807) is 20.8 Å². The van der Waals surface area contributed by atoms with Gasteiger partial charge in [-0.05, 0) is 66.7 Å². The van der Waals surface area contributed by atoms with Crippen molar-refractivity contribution in [3.8, 4) is 5.75 Å². The minimum absolute atomic E-state index is 0.0299. The van der Waals surface area contributed by atoms with Gasteiger partial charge in [-0.15, -0.1) is 0 Å². The monoisotopic (exact) mass is 530 g/mol. The lowest BCUT2D eigenvalue weighted by Crippen LogP contribution is -2.56. The van der Waals surface area contributed by atoms with Gasteiger partial charge in [-0.25, -0.2) is 9.18 Å². The zero-order chi connectivity index (χ0) is 27.3. The second-order valence-electron chi connectivity index (χ2n) is 10.6. The minimum Gasteiger partial charge on any atom is -0.490 e. The summed E-state index contributed by atoms with van der Waals surface area (Å²) in [7, 11) is 0.597. The van der Waals surface area contributed by atoms with E-state index in [1.165, 1.54) is 19.2 Å². The molecular formula is C24H37BClFN2O7. The fourth-order valence-electron chi connectivity index (χ4n) is 3.30. The van der Waals surface area contributed by atoms with Crippen LogP contribution in [0.1, 0.15) is 54.9 Å². The number of carbonyl (C=O) groups is 2. The third kappa shape index (κ3) is 8.50. The molecular weight excluding hydrogens is 494 g/mol. The van der Waals surface area contributed by atoms with Crippen molar-refractivity contribution in [2.24, 2.45) is 0 Å². The predicted octanol–water partition coefficient (Wildman–Crippen LogP) is 3.90. The smallest absolute Gasteiger partial charge is 0.481 e. The molecule has 12 heteroatoms. The quantitative estimate of drug-likeness (QED) is 0.442. The topological polar surface area (TPSA) is 104 Å². The van der Waals surface area contributed by atoms with Gasteiger partial charge in [0, 0.05) is 18.6 Å². The fourth-order valence-corrected chi connectivity index (χ4v) is 3.46. The summed E-state index contributed by atoms with van der Waals surface area (Å²) in [6, 6.07) is 3.07. The molecule has 1 aromatic rings. The van der Waals surface area contributed by atoms with Gasteiger partial charge < -0.3 is 34.2 Å². The summed E-state index contributed by atoms with van der Waals surface area (Å²) >= 11 is 5.80. The van der Waals surface area contributed by atoms with Crippen molar-refractivity contribution in [2.75, 3.05) is 20.3 Å². The molecule has 0 spiro atoms. The first-order chi connectivity index (χ1) is 16.5. The summed E-state index contributed by atoms with van der Waals surface area (Å²) in [5.74, 6) is -1.78. The molecule has 1 aromatic carbocycles. The van der Waals surface area contributed by atoms with Crippen LogP contribution in [0.3, 0.4) is 0 Å². The second kappa shape index (κ2) is 12.0. The molecule has 36 heavy (non-hydrogen) atoms. The normalized spacial score (nSPS) is 18.3. The highest BCUT2D eigenvalue weighted by Gasteiger charge is 2.54. The van der Waals surface area contributed by atoms with Crippen molar-refractivity contribution in [3.05, 3.63) is 29.0 Å². The van der Waals surface area contributed by atoms with Crippen LogP contribution in [0.5, 0.6) is 5.75 Å². The van der Waals surface area contributed by atoms with Crippen molar-refractivity contribution >= 4 is 30.7 Å². The average molecular weight is 531 g/mol. The summed E-state index contributed by atoms with van der Waals surface area (Å²) in [6.45, 7) is 12.7. The molecule has 2 rings (SSSR count). The van der Waals surface area contributed by atoms with Crippen LogP contribution in [0.25, 0.3) is 0 Å². The first-order valence-electron chi connectivity index (χ1n) is 11.8. The minimum atomic E-state index is -1.04. The van der Waals surface area contributed by atoms with Crippen LogP contribution in [-0.4, -0.2) is 68.2 Å². The van der Waals surface area contributed by atoms with E-state index in [9.17, 15) is 14.0 Å². The van der Waals surface area contributed by atoms with Crippen LogP contribution < -0.4 is 15.4 Å². The number of hydrogen-bond donors (Lipinski definition) is 2. The molecule has 0 radical (unpaired) electrons. The van der Waals surface area contributed by atoms with Gasteiger partial charge in [0.25, 0.3) is 0 Å². The van der Waals surface area contributed by atoms with Crippen molar-refractivity contribution in [1.29, 1.82) is 0 Å². The maximum atomic E-state index is 14.1. The first-order valence-corrected chi connectivity index (χ1v) is 12.1. The molecule has 1 aliphatic heterocycles. The van der Waals surface area contributed by atoms with Crippen molar-refractivity contribution in [2.45, 2.75) is 83.7 Å². The standard InChI is InChI=1S/C24H37BClFN2O7/c1-22(2,3)34-21(31)28-17(14-32-8)20(30)29-19(25-35-23(4,5)24(6,7)36-25)11-12-33-18-10-9-15(26)13-16(18)27/h9-10,13,17,19H,11-12,14H2,1-8H3,(H,28,31)(H,29,30)/t17-,19-/m1/s1. The number of amides is 2. The Morgan fingerprint density at radius 1 is 1.14 bits per heavy atom. The predicted molar refractivity (Wildman–Crippen MR) is 135 cm³/mol. The maximum Gasteiger partial charge on any atom is 0.481 e. The summed E-state index contributed by atoms with van der Waals surface area (Å²) < 4.78 is 42.3. The summed E-state index contributed by atoms with van der Waals surface area (Å²) in [4.78, 5) is 25.4. The van der Waals surface area contributed by atoms with E-state index < -0.39 is 53.7 Å². The van der Waals surface area contributed by atoms with E-state index in [1.807, 2.05) is 27.7 Å². The largest absolute Gasteiger partial charge is 0.490 e. The lowest BCUT2D eigenvalue weighted by atomic mass is 9.76. The Hall–Kier alpha value is -2.08. The van der Waals surface area contributed by atoms with E-state index in [2.05, 4.69) is 10.6 Å². The van der Waals surface area contributed by atoms with E-state index in [0.717, 1.165) is 6.07 Å². The summed E-state index contributed by atoms with van der Waals surface area (Å²) in [5.41, 5.74) is -2.04. The van der Waals surface area contributed by atoms with Gasteiger partial charge in [-0.3, -0.25) is 4.79 Å². The van der Waals surface area contributed by atoms with Crippen LogP contribution in [0, 0.1) is 5.82 Å². The van der Waals surface area contributed by atoms with E-state index in [4.69, 9.17) is 35.1 Å². The van der Waals surface area contributed by atoms with Gasteiger partial charge in [-0.2, -0.15) is 0 Å². The summed E-state index contributed by atoms with van der Waals surface area (Å²) in [6.07, 6.45) is -0.537. The highest BCUT2D eigenvalue weighted by atomic mass is 35.5. The van der Waals surface area contributed by atoms with Crippen LogP contribution >= 0.6 is 11.6 Å². The van der Waals surface area contributed by atoms with E-state index >= 15 is 0 Å².